The minimum Gasteiger partial charge on any atom is -1.00 e. The number of nitrogens with zero attached hydrogens (tertiary/aromatic N) is 2. The van der Waals surface area contributed by atoms with Crippen LogP contribution in [-0.4, -0.2) is 13.0 Å². The first kappa shape index (κ1) is 35.0. The number of halogens is 1. The lowest BCUT2D eigenvalue weighted by Crippen LogP contribution is -3.00. The summed E-state index contributed by atoms with van der Waals surface area (Å²) in [5.74, 6) is 1.69. The van der Waals surface area contributed by atoms with Crippen LogP contribution in [0.2, 0.25) is 0 Å². The molecule has 0 unspecified atom stereocenters. The zero-order valence-corrected chi connectivity index (χ0v) is 29.7. The van der Waals surface area contributed by atoms with Crippen LogP contribution in [0.3, 0.4) is 0 Å². The molecule has 1 aromatic heterocycles. The topological polar surface area (TPSA) is 52.2 Å². The second-order valence-electron chi connectivity index (χ2n) is 12.9. The van der Waals surface area contributed by atoms with Gasteiger partial charge in [0.25, 0.3) is 0 Å². The summed E-state index contributed by atoms with van der Waals surface area (Å²) in [5, 5.41) is 2.30. The first-order valence-electron chi connectivity index (χ1n) is 15.8. The molecule has 7 heteroatoms. The number of aromatic nitrogens is 2. The van der Waals surface area contributed by atoms with Crippen molar-refractivity contribution >= 4 is 20.6 Å². The predicted molar refractivity (Wildman–Crippen MR) is 185 cm³/mol. The number of fused-ring (bicyclic) bond motifs is 1. The van der Waals surface area contributed by atoms with Gasteiger partial charge in [0.2, 0.25) is 0 Å². The summed E-state index contributed by atoms with van der Waals surface area (Å²) in [6.45, 7) is 21.3. The molecule has 242 valence electrons. The maximum absolute atomic E-state index is 13.0. The van der Waals surface area contributed by atoms with Crippen molar-refractivity contribution in [2.45, 2.75) is 84.0 Å². The zero-order valence-electron chi connectivity index (χ0n) is 28.1. The van der Waals surface area contributed by atoms with Crippen LogP contribution >= 0.6 is 0 Å². The van der Waals surface area contributed by atoms with E-state index in [-0.39, 0.29) is 41.0 Å². The maximum atomic E-state index is 13.0. The van der Waals surface area contributed by atoms with Crippen molar-refractivity contribution in [1.29, 1.82) is 0 Å². The van der Waals surface area contributed by atoms with Crippen molar-refractivity contribution in [2.24, 2.45) is 0 Å². The van der Waals surface area contributed by atoms with Gasteiger partial charge in [-0.15, -0.1) is 0 Å². The molecular formula is C39H45ClN2O3S. The van der Waals surface area contributed by atoms with Gasteiger partial charge in [-0.3, -0.25) is 0 Å². The molecular weight excluding hydrogens is 612 g/mol. The average molecular weight is 657 g/mol. The number of para-hydroxylation sites is 2. The molecule has 0 aliphatic carbocycles. The summed E-state index contributed by atoms with van der Waals surface area (Å²) in [7, 11) is -3.67. The molecule has 0 N–H and O–H groups in total. The van der Waals surface area contributed by atoms with Crippen LogP contribution in [0.15, 0.2) is 102 Å². The summed E-state index contributed by atoms with van der Waals surface area (Å²) in [6, 6.07) is 24.6. The number of sulfone groups is 1. The Morgan fingerprint density at radius 1 is 0.696 bits per heavy atom. The molecule has 0 atom stereocenters. The van der Waals surface area contributed by atoms with Gasteiger partial charge in [0.1, 0.15) is 29.5 Å². The smallest absolute Gasteiger partial charge is 0.472 e. The van der Waals surface area contributed by atoms with Crippen molar-refractivity contribution in [3.63, 3.8) is 0 Å². The second kappa shape index (κ2) is 13.9. The summed E-state index contributed by atoms with van der Waals surface area (Å²) in [6.07, 6.45) is 4.20. The number of ether oxygens (including phenoxy) is 1. The molecule has 5 aromatic rings. The van der Waals surface area contributed by atoms with Crippen molar-refractivity contribution in [3.8, 4) is 23.1 Å². The molecule has 46 heavy (non-hydrogen) atoms. The number of hydrogen-bond acceptors (Lipinski definition) is 3. The number of benzene rings is 4. The predicted octanol–water partition coefficient (Wildman–Crippen LogP) is 7.11. The van der Waals surface area contributed by atoms with Gasteiger partial charge in [0.15, 0.2) is 9.84 Å². The van der Waals surface area contributed by atoms with E-state index in [4.69, 9.17) is 4.74 Å². The fourth-order valence-electron chi connectivity index (χ4n) is 6.16. The van der Waals surface area contributed by atoms with Crippen LogP contribution < -0.4 is 21.7 Å². The van der Waals surface area contributed by atoms with Crippen molar-refractivity contribution < 1.29 is 30.1 Å². The minimum atomic E-state index is -3.67. The van der Waals surface area contributed by atoms with Crippen molar-refractivity contribution in [1.82, 2.24) is 4.57 Å². The summed E-state index contributed by atoms with van der Waals surface area (Å²) >= 11 is 0. The van der Waals surface area contributed by atoms with Gasteiger partial charge in [-0.25, -0.2) is 8.42 Å². The van der Waals surface area contributed by atoms with E-state index in [1.54, 1.807) is 12.1 Å². The highest BCUT2D eigenvalue weighted by molar-refractivity contribution is 7.94. The van der Waals surface area contributed by atoms with Crippen LogP contribution in [0.1, 0.15) is 101 Å². The Hall–Kier alpha value is -3.87. The average Bonchev–Trinajstić information content (AvgIpc) is 3.42. The van der Waals surface area contributed by atoms with Gasteiger partial charge in [-0.05, 0) is 35.8 Å². The van der Waals surface area contributed by atoms with Crippen LogP contribution in [0.4, 0.5) is 0 Å². The highest BCUT2D eigenvalue weighted by Gasteiger charge is 2.32. The zero-order chi connectivity index (χ0) is 32.6. The molecule has 0 bridgehead atoms. The third-order valence-electron chi connectivity index (χ3n) is 8.51. The number of rotatable bonds is 10. The lowest BCUT2D eigenvalue weighted by Gasteiger charge is -2.20. The molecule has 0 spiro atoms. The quantitative estimate of drug-likeness (QED) is 0.151. The minimum absolute atomic E-state index is 0. The van der Waals surface area contributed by atoms with Gasteiger partial charge in [-0.1, -0.05) is 123 Å². The Bertz CT molecular complexity index is 1850. The number of hydrogen-bond donors (Lipinski definition) is 0. The molecule has 1 heterocycles. The van der Waals surface area contributed by atoms with Crippen LogP contribution in [0.5, 0.6) is 11.8 Å². The lowest BCUT2D eigenvalue weighted by molar-refractivity contribution is -0.602. The summed E-state index contributed by atoms with van der Waals surface area (Å²) in [5.41, 5.74) is 7.14. The molecule has 5 nitrogen and oxygen atoms in total. The van der Waals surface area contributed by atoms with Crippen molar-refractivity contribution in [2.75, 3.05) is 0 Å². The fraction of sp³-hybridized carbons (Fsp3) is 0.308. The SMILES string of the molecule is C=CS(=O)(=O)c1ccc(Oc2n(-c3c(C(C)C)cccc3C(C)C)cc[n+]2-c2c(C(C)C)cccc2C(C)C)c2ccccc12.[Cl-]. The molecule has 0 aliphatic rings. The molecule has 4 aromatic carbocycles. The van der Waals surface area contributed by atoms with E-state index in [0.717, 1.165) is 16.8 Å². The third-order valence-corrected chi connectivity index (χ3v) is 9.92. The van der Waals surface area contributed by atoms with E-state index < -0.39 is 9.84 Å². The largest absolute Gasteiger partial charge is 1.00 e. The van der Waals surface area contributed by atoms with Gasteiger partial charge in [-0.2, -0.15) is 9.13 Å². The number of imidazole rings is 1. The van der Waals surface area contributed by atoms with Crippen LogP contribution in [0, 0.1) is 0 Å². The van der Waals surface area contributed by atoms with E-state index in [0.29, 0.717) is 22.5 Å². The van der Waals surface area contributed by atoms with E-state index in [1.165, 1.54) is 22.3 Å². The van der Waals surface area contributed by atoms with Gasteiger partial charge in [0.05, 0.1) is 4.90 Å². The Balaban J connectivity index is 0.00000480. The summed E-state index contributed by atoms with van der Waals surface area (Å²) in [4.78, 5) is 0.211. The third kappa shape index (κ3) is 6.38. The van der Waals surface area contributed by atoms with Gasteiger partial charge in [0, 0.05) is 38.4 Å². The summed E-state index contributed by atoms with van der Waals surface area (Å²) < 4.78 is 37.3. The molecule has 0 aliphatic heterocycles. The molecule has 5 rings (SSSR count). The van der Waals surface area contributed by atoms with Crippen molar-refractivity contribution in [3.05, 3.63) is 119 Å². The van der Waals surface area contributed by atoms with Gasteiger partial charge >= 0.3 is 6.01 Å². The lowest BCUT2D eigenvalue weighted by atomic mass is 9.92. The first-order valence-corrected chi connectivity index (χ1v) is 17.4. The molecule has 0 radical (unpaired) electrons. The normalized spacial score (nSPS) is 11.9. The highest BCUT2D eigenvalue weighted by atomic mass is 35.5. The molecule has 0 saturated heterocycles. The molecule has 0 amide bonds. The second-order valence-corrected chi connectivity index (χ2v) is 14.8. The highest BCUT2D eigenvalue weighted by Crippen LogP contribution is 2.39. The van der Waals surface area contributed by atoms with E-state index in [2.05, 4.69) is 120 Å². The van der Waals surface area contributed by atoms with E-state index in [9.17, 15) is 8.42 Å². The molecule has 0 fully saturated rings. The fourth-order valence-corrected chi connectivity index (χ4v) is 7.09. The van der Waals surface area contributed by atoms with Gasteiger partial charge < -0.3 is 17.1 Å². The maximum Gasteiger partial charge on any atom is 0.472 e. The van der Waals surface area contributed by atoms with Crippen LogP contribution in [-0.2, 0) is 9.84 Å². The Morgan fingerprint density at radius 3 is 1.70 bits per heavy atom. The molecule has 0 saturated carbocycles. The Kier molecular flexibility index (Phi) is 10.5. The van der Waals surface area contributed by atoms with E-state index >= 15 is 0 Å². The monoisotopic (exact) mass is 656 g/mol. The van der Waals surface area contributed by atoms with E-state index in [1.807, 2.05) is 24.3 Å². The Labute approximate surface area is 280 Å². The van der Waals surface area contributed by atoms with Crippen LogP contribution in [0.25, 0.3) is 22.1 Å². The Morgan fingerprint density at radius 2 is 1.20 bits per heavy atom. The first-order chi connectivity index (χ1) is 21.4. The standard InChI is InChI=1S/C39H45N2O3S.ClH/c1-10-45(42,43)36-22-21-35(33-15-11-12-16-34(33)36)44-39-40(37-29(25(2)3)17-13-18-30(37)26(4)5)23-24-41(39)38-31(27(6)7)19-14-20-32(38)28(8)9;/h10-28H,1H2,2-9H3;1H/q+1;/p-1.